The average molecular weight is 512 g/mol. The molecule has 0 heterocycles. The van der Waals surface area contributed by atoms with Gasteiger partial charge in [-0.1, -0.05) is 30.7 Å². The fraction of sp³-hybridized carbons (Fsp3) is 0.391. The number of nitrogens with one attached hydrogen (secondary N) is 1. The fourth-order valence-corrected chi connectivity index (χ4v) is 3.63. The highest BCUT2D eigenvalue weighted by Crippen LogP contribution is 2.28. The fourth-order valence-electron chi connectivity index (χ4n) is 2.83. The van der Waals surface area contributed by atoms with Crippen LogP contribution in [0.25, 0.3) is 0 Å². The number of hydrogen-bond acceptors (Lipinski definition) is 4. The topological polar surface area (TPSA) is 67.9 Å². The van der Waals surface area contributed by atoms with E-state index in [-0.39, 0.29) is 31.0 Å². The molecule has 0 aromatic heterocycles. The monoisotopic (exact) mass is 510 g/mol. The van der Waals surface area contributed by atoms with E-state index < -0.39 is 6.04 Å². The first-order valence-electron chi connectivity index (χ1n) is 10.1. The molecule has 0 aliphatic rings. The molecule has 0 bridgehead atoms. The maximum Gasteiger partial charge on any atom is 0.261 e. The number of amides is 2. The maximum absolute atomic E-state index is 13.1. The quantitative estimate of drug-likeness (QED) is 0.496. The Labute approximate surface area is 197 Å². The Kier molecular flexibility index (Phi) is 9.65. The summed E-state index contributed by atoms with van der Waals surface area (Å²) >= 11 is 9.34. The molecule has 2 aromatic carbocycles. The first-order chi connectivity index (χ1) is 14.7. The van der Waals surface area contributed by atoms with Crippen molar-refractivity contribution in [2.45, 2.75) is 45.8 Å². The molecule has 0 saturated carbocycles. The van der Waals surface area contributed by atoms with Crippen molar-refractivity contribution in [1.29, 1.82) is 0 Å². The number of nitrogens with zero attached hydrogens (tertiary/aromatic N) is 1. The lowest BCUT2D eigenvalue weighted by Crippen LogP contribution is -2.50. The van der Waals surface area contributed by atoms with Crippen LogP contribution in [-0.4, -0.2) is 42.5 Å². The highest BCUT2D eigenvalue weighted by atomic mass is 79.9. The van der Waals surface area contributed by atoms with Crippen LogP contribution in [0.2, 0.25) is 5.02 Å². The van der Waals surface area contributed by atoms with Crippen molar-refractivity contribution in [3.63, 3.8) is 0 Å². The van der Waals surface area contributed by atoms with Crippen molar-refractivity contribution in [3.8, 4) is 11.5 Å². The first kappa shape index (κ1) is 25.0. The second-order valence-corrected chi connectivity index (χ2v) is 8.52. The van der Waals surface area contributed by atoms with E-state index in [4.69, 9.17) is 21.1 Å². The Balaban J connectivity index is 2.20. The summed E-state index contributed by atoms with van der Waals surface area (Å²) in [5, 5.41) is 3.50. The molecule has 0 unspecified atom stereocenters. The molecule has 0 saturated heterocycles. The lowest BCUT2D eigenvalue weighted by Gasteiger charge is -2.29. The van der Waals surface area contributed by atoms with E-state index >= 15 is 0 Å². The largest absolute Gasteiger partial charge is 0.497 e. The van der Waals surface area contributed by atoms with Gasteiger partial charge in [0.2, 0.25) is 5.91 Å². The van der Waals surface area contributed by atoms with Gasteiger partial charge in [0.15, 0.2) is 6.61 Å². The zero-order valence-corrected chi connectivity index (χ0v) is 20.5. The second kappa shape index (κ2) is 12.0. The van der Waals surface area contributed by atoms with Crippen LogP contribution in [0.3, 0.4) is 0 Å². The van der Waals surface area contributed by atoms with Crippen LogP contribution in [-0.2, 0) is 16.1 Å². The Morgan fingerprint density at radius 2 is 1.94 bits per heavy atom. The molecule has 6 nitrogen and oxygen atoms in total. The molecule has 2 aromatic rings. The Morgan fingerprint density at radius 3 is 2.58 bits per heavy atom. The molecule has 31 heavy (non-hydrogen) atoms. The van der Waals surface area contributed by atoms with Crippen molar-refractivity contribution in [2.75, 3.05) is 13.7 Å². The van der Waals surface area contributed by atoms with Gasteiger partial charge in [-0.15, -0.1) is 0 Å². The van der Waals surface area contributed by atoms with E-state index in [0.29, 0.717) is 21.0 Å². The number of methoxy groups -OCH3 is 1. The van der Waals surface area contributed by atoms with Crippen LogP contribution in [0, 0.1) is 0 Å². The SMILES string of the molecule is CC[C@@H](C)NC(=O)[C@H](C)N(Cc1cccc(OC)c1)C(=O)COc1ccc(Cl)cc1Br. The summed E-state index contributed by atoms with van der Waals surface area (Å²) < 4.78 is 11.6. The zero-order chi connectivity index (χ0) is 23.0. The van der Waals surface area contributed by atoms with E-state index in [2.05, 4.69) is 21.2 Å². The minimum atomic E-state index is -0.676. The molecule has 8 heteroatoms. The molecular formula is C23H28BrClN2O4. The number of hydrogen-bond donors (Lipinski definition) is 1. The van der Waals surface area contributed by atoms with Crippen molar-refractivity contribution >= 4 is 39.3 Å². The second-order valence-electron chi connectivity index (χ2n) is 7.23. The number of benzene rings is 2. The smallest absolute Gasteiger partial charge is 0.261 e. The van der Waals surface area contributed by atoms with E-state index in [1.54, 1.807) is 32.2 Å². The van der Waals surface area contributed by atoms with Gasteiger partial charge in [-0.3, -0.25) is 9.59 Å². The molecule has 168 valence electrons. The van der Waals surface area contributed by atoms with E-state index in [1.807, 2.05) is 38.1 Å². The number of halogens is 2. The summed E-state index contributed by atoms with van der Waals surface area (Å²) in [6.45, 7) is 5.67. The molecule has 0 spiro atoms. The lowest BCUT2D eigenvalue weighted by atomic mass is 10.1. The number of carbonyl (C=O) groups excluding carboxylic acids is 2. The van der Waals surface area contributed by atoms with Crippen LogP contribution >= 0.6 is 27.5 Å². The van der Waals surface area contributed by atoms with Gasteiger partial charge in [0.25, 0.3) is 5.91 Å². The maximum atomic E-state index is 13.1. The molecule has 0 aliphatic carbocycles. The minimum Gasteiger partial charge on any atom is -0.497 e. The third kappa shape index (κ3) is 7.43. The normalized spacial score (nSPS) is 12.6. The van der Waals surface area contributed by atoms with Crippen molar-refractivity contribution in [1.82, 2.24) is 10.2 Å². The molecule has 2 amide bonds. The minimum absolute atomic E-state index is 0.0185. The predicted octanol–water partition coefficient (Wildman–Crippen LogP) is 4.82. The number of carbonyl (C=O) groups is 2. The van der Waals surface area contributed by atoms with Crippen molar-refractivity contribution < 1.29 is 19.1 Å². The van der Waals surface area contributed by atoms with Gasteiger partial charge in [0.1, 0.15) is 17.5 Å². The molecular weight excluding hydrogens is 484 g/mol. The molecule has 2 atom stereocenters. The Morgan fingerprint density at radius 1 is 1.19 bits per heavy atom. The molecule has 1 N–H and O–H groups in total. The van der Waals surface area contributed by atoms with Gasteiger partial charge in [-0.05, 0) is 72.1 Å². The van der Waals surface area contributed by atoms with Crippen LogP contribution < -0.4 is 14.8 Å². The molecule has 2 rings (SSSR count). The first-order valence-corrected chi connectivity index (χ1v) is 11.2. The van der Waals surface area contributed by atoms with E-state index in [9.17, 15) is 9.59 Å². The van der Waals surface area contributed by atoms with Crippen LogP contribution in [0.5, 0.6) is 11.5 Å². The standard InChI is InChI=1S/C23H28BrClN2O4/c1-5-15(2)26-23(29)16(3)27(13-17-7-6-8-19(11-17)30-4)22(28)14-31-21-10-9-18(25)12-20(21)24/h6-12,15-16H,5,13-14H2,1-4H3,(H,26,29)/t15-,16+/m1/s1. The van der Waals surface area contributed by atoms with Gasteiger partial charge in [0.05, 0.1) is 11.6 Å². The number of rotatable bonds is 10. The highest BCUT2D eigenvalue weighted by Gasteiger charge is 2.27. The van der Waals surface area contributed by atoms with Gasteiger partial charge in [0, 0.05) is 17.6 Å². The van der Waals surface area contributed by atoms with E-state index in [0.717, 1.165) is 12.0 Å². The third-order valence-electron chi connectivity index (χ3n) is 4.90. The van der Waals surface area contributed by atoms with Crippen LogP contribution in [0.4, 0.5) is 0 Å². The van der Waals surface area contributed by atoms with Crippen molar-refractivity contribution in [2.24, 2.45) is 0 Å². The summed E-state index contributed by atoms with van der Waals surface area (Å²) in [7, 11) is 1.59. The average Bonchev–Trinajstić information content (AvgIpc) is 2.76. The van der Waals surface area contributed by atoms with Crippen molar-refractivity contribution in [3.05, 3.63) is 57.5 Å². The molecule has 0 fully saturated rings. The summed E-state index contributed by atoms with van der Waals surface area (Å²) in [6.07, 6.45) is 0.802. The molecule has 0 radical (unpaired) electrons. The predicted molar refractivity (Wildman–Crippen MR) is 126 cm³/mol. The summed E-state index contributed by atoms with van der Waals surface area (Å²) in [5.74, 6) is 0.661. The Bertz CT molecular complexity index is 909. The molecule has 0 aliphatic heterocycles. The summed E-state index contributed by atoms with van der Waals surface area (Å²) in [4.78, 5) is 27.4. The summed E-state index contributed by atoms with van der Waals surface area (Å²) in [6, 6.07) is 11.8. The van der Waals surface area contributed by atoms with Gasteiger partial charge in [-0.25, -0.2) is 0 Å². The third-order valence-corrected chi connectivity index (χ3v) is 5.76. The summed E-state index contributed by atoms with van der Waals surface area (Å²) in [5.41, 5.74) is 0.851. The van der Waals surface area contributed by atoms with Gasteiger partial charge >= 0.3 is 0 Å². The van der Waals surface area contributed by atoms with Gasteiger partial charge in [-0.2, -0.15) is 0 Å². The zero-order valence-electron chi connectivity index (χ0n) is 18.2. The number of ether oxygens (including phenoxy) is 2. The van der Waals surface area contributed by atoms with Crippen LogP contribution in [0.1, 0.15) is 32.8 Å². The highest BCUT2D eigenvalue weighted by molar-refractivity contribution is 9.10. The van der Waals surface area contributed by atoms with E-state index in [1.165, 1.54) is 4.90 Å². The van der Waals surface area contributed by atoms with Gasteiger partial charge < -0.3 is 19.7 Å². The van der Waals surface area contributed by atoms with Crippen LogP contribution in [0.15, 0.2) is 46.9 Å². The lowest BCUT2D eigenvalue weighted by molar-refractivity contribution is -0.142. The Hall–Kier alpha value is -2.25.